The molecule has 13 nitrogen and oxygen atoms in total. The van der Waals surface area contributed by atoms with Gasteiger partial charge in [0.25, 0.3) is 0 Å². The molecule has 1 saturated heterocycles. The van der Waals surface area contributed by atoms with Crippen molar-refractivity contribution in [2.24, 2.45) is 0 Å². The first-order valence-corrected chi connectivity index (χ1v) is 10.8. The van der Waals surface area contributed by atoms with E-state index < -0.39 is 82.5 Å². The van der Waals surface area contributed by atoms with Crippen LogP contribution < -0.4 is 10.2 Å². The fourth-order valence-corrected chi connectivity index (χ4v) is 3.85. The molecule has 196 valence electrons. The molecular weight excluding hydrogens is 496 g/mol. The zero-order valence-electron chi connectivity index (χ0n) is 19.4. The SMILES string of the molecule is CC(=O)O[C@@H]1[C@@H](OC(C)=O)[C@@H](Oc2c(O)cc(O)c3c(=O)c(O)c(-c4ccc(O)cc4)oc23)OC[C@@H]1O. The van der Waals surface area contributed by atoms with Gasteiger partial charge in [-0.3, -0.25) is 14.4 Å². The molecule has 13 heteroatoms. The highest BCUT2D eigenvalue weighted by Gasteiger charge is 2.46. The van der Waals surface area contributed by atoms with E-state index in [0.29, 0.717) is 0 Å². The molecule has 37 heavy (non-hydrogen) atoms. The molecule has 3 aromatic rings. The molecular formula is C24H22O13. The molecule has 5 N–H and O–H groups in total. The second kappa shape index (κ2) is 9.87. The van der Waals surface area contributed by atoms with E-state index in [4.69, 9.17) is 23.4 Å². The Morgan fingerprint density at radius 2 is 1.57 bits per heavy atom. The van der Waals surface area contributed by atoms with Gasteiger partial charge in [-0.2, -0.15) is 0 Å². The molecule has 4 rings (SSSR count). The number of esters is 2. The van der Waals surface area contributed by atoms with Gasteiger partial charge in [-0.1, -0.05) is 0 Å². The van der Waals surface area contributed by atoms with Gasteiger partial charge in [0.15, 0.2) is 23.2 Å². The summed E-state index contributed by atoms with van der Waals surface area (Å²) in [5, 5.41) is 50.6. The van der Waals surface area contributed by atoms with Gasteiger partial charge in [0.1, 0.15) is 23.0 Å². The molecule has 2 heterocycles. The first-order chi connectivity index (χ1) is 17.5. The van der Waals surface area contributed by atoms with E-state index in [1.807, 2.05) is 0 Å². The highest BCUT2D eigenvalue weighted by molar-refractivity contribution is 5.93. The number of fused-ring (bicyclic) bond motifs is 1. The molecule has 4 atom stereocenters. The molecule has 0 radical (unpaired) electrons. The molecule has 0 saturated carbocycles. The summed E-state index contributed by atoms with van der Waals surface area (Å²) >= 11 is 0. The number of hydrogen-bond acceptors (Lipinski definition) is 13. The molecule has 0 spiro atoms. The van der Waals surface area contributed by atoms with Crippen LogP contribution in [0.1, 0.15) is 13.8 Å². The zero-order chi connectivity index (χ0) is 27.0. The van der Waals surface area contributed by atoms with Crippen molar-refractivity contribution in [3.63, 3.8) is 0 Å². The van der Waals surface area contributed by atoms with E-state index in [1.54, 1.807) is 0 Å². The summed E-state index contributed by atoms with van der Waals surface area (Å²) in [5.41, 5.74) is -1.42. The number of rotatable bonds is 5. The number of aliphatic hydroxyl groups excluding tert-OH is 1. The summed E-state index contributed by atoms with van der Waals surface area (Å²) in [6, 6.07) is 5.99. The van der Waals surface area contributed by atoms with Crippen molar-refractivity contribution in [1.29, 1.82) is 0 Å². The smallest absolute Gasteiger partial charge is 0.303 e. The summed E-state index contributed by atoms with van der Waals surface area (Å²) in [7, 11) is 0. The van der Waals surface area contributed by atoms with Crippen molar-refractivity contribution in [2.45, 2.75) is 38.4 Å². The van der Waals surface area contributed by atoms with Gasteiger partial charge < -0.3 is 48.9 Å². The Bertz CT molecular complexity index is 1410. The van der Waals surface area contributed by atoms with Crippen LogP contribution in [0.25, 0.3) is 22.3 Å². The van der Waals surface area contributed by atoms with Crippen molar-refractivity contribution in [2.75, 3.05) is 6.61 Å². The predicted octanol–water partition coefficient (Wildman–Crippen LogP) is 1.24. The number of hydrogen-bond donors (Lipinski definition) is 5. The second-order valence-electron chi connectivity index (χ2n) is 8.14. The monoisotopic (exact) mass is 518 g/mol. The van der Waals surface area contributed by atoms with Crippen LogP contribution in [-0.2, 0) is 23.8 Å². The van der Waals surface area contributed by atoms with Gasteiger partial charge >= 0.3 is 11.9 Å². The van der Waals surface area contributed by atoms with Gasteiger partial charge in [-0.05, 0) is 24.3 Å². The summed E-state index contributed by atoms with van der Waals surface area (Å²) < 4.78 is 27.1. The fraction of sp³-hybridized carbons (Fsp3) is 0.292. The molecule has 0 aliphatic carbocycles. The van der Waals surface area contributed by atoms with Crippen molar-refractivity contribution in [3.05, 3.63) is 40.6 Å². The third-order valence-electron chi connectivity index (χ3n) is 5.43. The minimum atomic E-state index is -1.59. The number of benzene rings is 2. The van der Waals surface area contributed by atoms with E-state index >= 15 is 0 Å². The van der Waals surface area contributed by atoms with Crippen LogP contribution >= 0.6 is 0 Å². The van der Waals surface area contributed by atoms with Crippen LogP contribution in [0.2, 0.25) is 0 Å². The number of carbonyl (C=O) groups is 2. The molecule has 2 aromatic carbocycles. The van der Waals surface area contributed by atoms with Crippen LogP contribution in [0.3, 0.4) is 0 Å². The second-order valence-corrected chi connectivity index (χ2v) is 8.14. The number of aromatic hydroxyl groups is 4. The first-order valence-electron chi connectivity index (χ1n) is 10.8. The highest BCUT2D eigenvalue weighted by Crippen LogP contribution is 2.44. The lowest BCUT2D eigenvalue weighted by atomic mass is 10.0. The summed E-state index contributed by atoms with van der Waals surface area (Å²) in [4.78, 5) is 36.3. The molecule has 0 bridgehead atoms. The number of ether oxygens (including phenoxy) is 4. The van der Waals surface area contributed by atoms with Crippen LogP contribution in [0.5, 0.6) is 28.7 Å². The van der Waals surface area contributed by atoms with E-state index in [1.165, 1.54) is 24.3 Å². The minimum Gasteiger partial charge on any atom is -0.508 e. The molecule has 0 unspecified atom stereocenters. The van der Waals surface area contributed by atoms with Gasteiger partial charge in [0.2, 0.25) is 29.3 Å². The third kappa shape index (κ3) is 4.94. The minimum absolute atomic E-state index is 0.0961. The average molecular weight is 518 g/mol. The van der Waals surface area contributed by atoms with Crippen molar-refractivity contribution in [1.82, 2.24) is 0 Å². The topological polar surface area (TPSA) is 202 Å². The maximum atomic E-state index is 12.9. The lowest BCUT2D eigenvalue weighted by Gasteiger charge is -2.38. The van der Waals surface area contributed by atoms with Crippen LogP contribution in [0, 0.1) is 0 Å². The Labute approximate surface area is 207 Å². The number of aliphatic hydroxyl groups is 1. The van der Waals surface area contributed by atoms with Gasteiger partial charge in [-0.15, -0.1) is 0 Å². The first kappa shape index (κ1) is 25.6. The van der Waals surface area contributed by atoms with Crippen LogP contribution in [-0.4, -0.2) is 68.7 Å². The average Bonchev–Trinajstić information content (AvgIpc) is 2.82. The quantitative estimate of drug-likeness (QED) is 0.302. The Hall–Kier alpha value is -4.49. The maximum absolute atomic E-state index is 12.9. The Morgan fingerprint density at radius 3 is 2.19 bits per heavy atom. The van der Waals surface area contributed by atoms with Crippen LogP contribution in [0.15, 0.2) is 39.5 Å². The van der Waals surface area contributed by atoms with E-state index in [0.717, 1.165) is 19.9 Å². The lowest BCUT2D eigenvalue weighted by Crippen LogP contribution is -2.58. The van der Waals surface area contributed by atoms with Crippen molar-refractivity contribution in [3.8, 4) is 40.1 Å². The summed E-state index contributed by atoms with van der Waals surface area (Å²) in [6.07, 6.45) is -5.91. The largest absolute Gasteiger partial charge is 0.508 e. The zero-order valence-corrected chi connectivity index (χ0v) is 19.4. The third-order valence-corrected chi connectivity index (χ3v) is 5.43. The normalized spacial score (nSPS) is 21.4. The summed E-state index contributed by atoms with van der Waals surface area (Å²) in [5.74, 6) is -4.98. The van der Waals surface area contributed by atoms with E-state index in [9.17, 15) is 39.9 Å². The van der Waals surface area contributed by atoms with Crippen molar-refractivity contribution >= 4 is 22.9 Å². The Morgan fingerprint density at radius 1 is 0.946 bits per heavy atom. The molecule has 0 amide bonds. The molecule has 1 aliphatic heterocycles. The van der Waals surface area contributed by atoms with Gasteiger partial charge in [0, 0.05) is 25.5 Å². The molecule has 1 aromatic heterocycles. The number of phenolic OH excluding ortho intramolecular Hbond substituents is 3. The number of carbonyl (C=O) groups excluding carboxylic acids is 2. The maximum Gasteiger partial charge on any atom is 0.303 e. The van der Waals surface area contributed by atoms with Crippen LogP contribution in [0.4, 0.5) is 0 Å². The standard InChI is InChI=1S/C24H22O13/c1-9(25)34-21-15(30)8-33-24(23(21)35-10(2)26)37-20-14(29)7-13(28)16-17(31)18(32)19(36-22(16)20)11-3-5-12(27)6-4-11/h3-7,15,21,23-24,27-30,32H,8H2,1-2H3/t15-,21-,23+,24+/m0/s1. The fourth-order valence-electron chi connectivity index (χ4n) is 3.85. The lowest BCUT2D eigenvalue weighted by molar-refractivity contribution is -0.256. The summed E-state index contributed by atoms with van der Waals surface area (Å²) in [6.45, 7) is 1.71. The molecule has 1 aliphatic rings. The van der Waals surface area contributed by atoms with Crippen molar-refractivity contribution < 1.29 is 58.5 Å². The Balaban J connectivity index is 1.86. The van der Waals surface area contributed by atoms with E-state index in [-0.39, 0.29) is 17.1 Å². The predicted molar refractivity (Wildman–Crippen MR) is 122 cm³/mol. The van der Waals surface area contributed by atoms with Gasteiger partial charge in [-0.25, -0.2) is 0 Å². The number of phenols is 3. The Kier molecular flexibility index (Phi) is 6.83. The highest BCUT2D eigenvalue weighted by atomic mass is 16.7. The van der Waals surface area contributed by atoms with E-state index in [2.05, 4.69) is 0 Å². The van der Waals surface area contributed by atoms with Gasteiger partial charge in [0.05, 0.1) is 6.61 Å². The molecule has 1 fully saturated rings.